The lowest BCUT2D eigenvalue weighted by molar-refractivity contribution is 0.225. The first-order valence-corrected chi connectivity index (χ1v) is 12.2. The lowest BCUT2D eigenvalue weighted by Crippen LogP contribution is -2.46. The van der Waals surface area contributed by atoms with Gasteiger partial charge < -0.3 is 30.6 Å². The number of phenols is 2. The van der Waals surface area contributed by atoms with Crippen LogP contribution in [0.4, 0.5) is 10.6 Å². The third-order valence-corrected chi connectivity index (χ3v) is 6.67. The predicted molar refractivity (Wildman–Crippen MR) is 147 cm³/mol. The Balaban J connectivity index is 1.64. The molecule has 10 heteroatoms. The summed E-state index contributed by atoms with van der Waals surface area (Å²) < 4.78 is 7.12. The number of nitrogen functional groups attached to an aromatic ring is 1. The molecule has 4 aromatic rings. The van der Waals surface area contributed by atoms with Crippen LogP contribution in [0.2, 0.25) is 0 Å². The maximum Gasteiger partial charge on any atom is 0.324 e. The zero-order chi connectivity index (χ0) is 27.6. The number of amidine groups is 1. The Hall–Kier alpha value is -5.25. The molecule has 1 aliphatic rings. The largest absolute Gasteiger partial charge is 0.508 e. The number of imidazole rings is 1. The quantitative estimate of drug-likeness (QED) is 0.275. The molecular weight excluding hydrogens is 496 g/mol. The predicted octanol–water partition coefficient (Wildman–Crippen LogP) is 3.94. The summed E-state index contributed by atoms with van der Waals surface area (Å²) in [6, 6.07) is 20.3. The zero-order valence-corrected chi connectivity index (χ0v) is 21.3. The number of amides is 2. The number of methoxy groups -OCH3 is 1. The molecule has 0 spiro atoms. The Labute approximate surface area is 225 Å². The van der Waals surface area contributed by atoms with Crippen LogP contribution in [0.15, 0.2) is 96.9 Å². The van der Waals surface area contributed by atoms with Gasteiger partial charge in [0.1, 0.15) is 34.6 Å². The number of ether oxygens (including phenoxy) is 1. The number of urea groups is 1. The number of hydrogen-bond acceptors (Lipinski definition) is 7. The molecule has 198 valence electrons. The number of benzene rings is 3. The van der Waals surface area contributed by atoms with Gasteiger partial charge in [0.05, 0.1) is 26.5 Å². The van der Waals surface area contributed by atoms with Crippen LogP contribution in [-0.2, 0) is 18.6 Å². The highest BCUT2D eigenvalue weighted by Crippen LogP contribution is 2.40. The molecule has 1 unspecified atom stereocenters. The van der Waals surface area contributed by atoms with Crippen LogP contribution in [0.3, 0.4) is 0 Å². The fourth-order valence-electron chi connectivity index (χ4n) is 4.71. The molecular formula is C29H28N6O4. The molecule has 10 nitrogen and oxygen atoms in total. The Morgan fingerprint density at radius 2 is 1.59 bits per heavy atom. The molecule has 0 bridgehead atoms. The van der Waals surface area contributed by atoms with Gasteiger partial charge in [-0.3, -0.25) is 4.90 Å². The van der Waals surface area contributed by atoms with Crippen molar-refractivity contribution < 1.29 is 19.7 Å². The number of carbonyl (C=O) groups excluding carboxylic acids is 1. The summed E-state index contributed by atoms with van der Waals surface area (Å²) >= 11 is 0. The molecule has 1 saturated heterocycles. The van der Waals surface area contributed by atoms with Crippen molar-refractivity contribution >= 4 is 17.7 Å². The monoisotopic (exact) mass is 524 g/mol. The van der Waals surface area contributed by atoms with Gasteiger partial charge in [0.2, 0.25) is 0 Å². The summed E-state index contributed by atoms with van der Waals surface area (Å²) in [4.78, 5) is 24.4. The number of nitrogens with two attached hydrogens (primary N) is 1. The number of aliphatic imine (C=N–C) groups is 1. The normalized spacial score (nSPS) is 17.8. The van der Waals surface area contributed by atoms with Crippen molar-refractivity contribution in [2.75, 3.05) is 12.8 Å². The highest BCUT2D eigenvalue weighted by Gasteiger charge is 2.54. The highest BCUT2D eigenvalue weighted by molar-refractivity contribution is 6.12. The van der Waals surface area contributed by atoms with E-state index < -0.39 is 11.6 Å². The number of carbonyl (C=O) groups is 1. The fraction of sp³-hybridized carbons (Fsp3) is 0.138. The number of rotatable bonds is 8. The second-order valence-electron chi connectivity index (χ2n) is 9.07. The van der Waals surface area contributed by atoms with Crippen molar-refractivity contribution in [3.8, 4) is 17.2 Å². The van der Waals surface area contributed by atoms with E-state index in [-0.39, 0.29) is 18.0 Å². The smallest absolute Gasteiger partial charge is 0.324 e. The van der Waals surface area contributed by atoms with Crippen molar-refractivity contribution in [1.29, 1.82) is 0 Å². The number of nitrogens with one attached hydrogen (secondary N) is 1. The van der Waals surface area contributed by atoms with Crippen LogP contribution in [0.5, 0.6) is 17.2 Å². The molecule has 0 radical (unpaired) electrons. The first-order chi connectivity index (χ1) is 18.8. The van der Waals surface area contributed by atoms with Crippen LogP contribution < -0.4 is 15.8 Å². The summed E-state index contributed by atoms with van der Waals surface area (Å²) in [7, 11) is 1.58. The maximum absolute atomic E-state index is 13.6. The summed E-state index contributed by atoms with van der Waals surface area (Å²) in [6.07, 6.45) is 2.99. The third-order valence-electron chi connectivity index (χ3n) is 6.67. The molecule has 1 fully saturated rings. The molecule has 2 amide bonds. The molecule has 5 N–H and O–H groups in total. The van der Waals surface area contributed by atoms with E-state index in [1.54, 1.807) is 78.7 Å². The fourth-order valence-corrected chi connectivity index (χ4v) is 4.71. The van der Waals surface area contributed by atoms with Gasteiger partial charge in [0, 0.05) is 6.20 Å². The number of nitrogens with zero attached hydrogens (tertiary/aromatic N) is 4. The molecule has 5 rings (SSSR count). The van der Waals surface area contributed by atoms with Crippen molar-refractivity contribution in [2.45, 2.75) is 18.6 Å². The molecule has 0 aliphatic carbocycles. The molecule has 3 aromatic carbocycles. The van der Waals surface area contributed by atoms with Gasteiger partial charge >= 0.3 is 6.03 Å². The Morgan fingerprint density at radius 3 is 2.15 bits per heavy atom. The van der Waals surface area contributed by atoms with Crippen LogP contribution >= 0.6 is 0 Å². The van der Waals surface area contributed by atoms with Crippen molar-refractivity contribution in [2.24, 2.45) is 4.99 Å². The standard InChI is InChI=1S/C29H28N6O4/c1-3-31-27-29(21-8-14-24(39-2)15-9-21,33-28(38)35(27)17-20-6-12-23(37)13-7-20)25-26(30)34(18-32-25)16-19-4-10-22(36)11-5-19/h3-15,18,36-37H,1,16-17,30H2,2H3,(H,33,38). The molecule has 1 atom stereocenters. The average Bonchev–Trinajstić information content (AvgIpc) is 3.44. The van der Waals surface area contributed by atoms with E-state index in [4.69, 9.17) is 15.5 Å². The molecule has 2 heterocycles. The first kappa shape index (κ1) is 25.4. The topological polar surface area (TPSA) is 138 Å². The molecule has 1 aliphatic heterocycles. The Morgan fingerprint density at radius 1 is 1.00 bits per heavy atom. The van der Waals surface area contributed by atoms with Crippen LogP contribution in [0, 0.1) is 0 Å². The average molecular weight is 525 g/mol. The van der Waals surface area contributed by atoms with E-state index in [0.29, 0.717) is 35.2 Å². The van der Waals surface area contributed by atoms with E-state index in [2.05, 4.69) is 16.9 Å². The summed E-state index contributed by atoms with van der Waals surface area (Å²) in [5, 5.41) is 22.5. The number of anilines is 1. The SMILES string of the molecule is C=CN=C1N(Cc2ccc(O)cc2)C(=O)NC1(c1ccc(OC)cc1)c1ncn(Cc2ccc(O)cc2)c1N. The van der Waals surface area contributed by atoms with Crippen molar-refractivity contribution in [1.82, 2.24) is 19.8 Å². The van der Waals surface area contributed by atoms with Gasteiger partial charge in [-0.2, -0.15) is 0 Å². The van der Waals surface area contributed by atoms with Gasteiger partial charge in [-0.15, -0.1) is 0 Å². The number of aromatic hydroxyl groups is 2. The lowest BCUT2D eigenvalue weighted by Gasteiger charge is -2.29. The molecule has 0 saturated carbocycles. The lowest BCUT2D eigenvalue weighted by atomic mass is 9.85. The van der Waals surface area contributed by atoms with E-state index >= 15 is 0 Å². The molecule has 39 heavy (non-hydrogen) atoms. The second-order valence-corrected chi connectivity index (χ2v) is 9.07. The number of phenolic OH excluding ortho intramolecular Hbond substituents is 2. The van der Waals surface area contributed by atoms with Crippen LogP contribution in [0.1, 0.15) is 22.4 Å². The number of hydrogen-bond donors (Lipinski definition) is 4. The Bertz CT molecular complexity index is 1530. The van der Waals surface area contributed by atoms with E-state index in [1.807, 2.05) is 12.1 Å². The maximum atomic E-state index is 13.6. The molecule has 1 aromatic heterocycles. The van der Waals surface area contributed by atoms with Crippen molar-refractivity contribution in [3.05, 3.63) is 114 Å². The third kappa shape index (κ3) is 4.63. The summed E-state index contributed by atoms with van der Waals surface area (Å²) in [5.41, 5.74) is 8.14. The minimum Gasteiger partial charge on any atom is -0.508 e. The summed E-state index contributed by atoms with van der Waals surface area (Å²) in [6.45, 7) is 4.37. The zero-order valence-electron chi connectivity index (χ0n) is 21.3. The minimum absolute atomic E-state index is 0.129. The Kier molecular flexibility index (Phi) is 6.68. The van der Waals surface area contributed by atoms with Gasteiger partial charge in [0.15, 0.2) is 5.54 Å². The van der Waals surface area contributed by atoms with Gasteiger partial charge in [-0.1, -0.05) is 43.0 Å². The van der Waals surface area contributed by atoms with E-state index in [9.17, 15) is 15.0 Å². The highest BCUT2D eigenvalue weighted by atomic mass is 16.5. The van der Waals surface area contributed by atoms with Gasteiger partial charge in [-0.05, 0) is 53.1 Å². The second kappa shape index (κ2) is 10.3. The van der Waals surface area contributed by atoms with Gasteiger partial charge in [-0.25, -0.2) is 14.8 Å². The van der Waals surface area contributed by atoms with Crippen LogP contribution in [0.25, 0.3) is 0 Å². The van der Waals surface area contributed by atoms with Crippen LogP contribution in [-0.4, -0.2) is 43.6 Å². The first-order valence-electron chi connectivity index (χ1n) is 12.2. The number of aromatic nitrogens is 2. The van der Waals surface area contributed by atoms with E-state index in [0.717, 1.165) is 11.1 Å². The van der Waals surface area contributed by atoms with E-state index in [1.165, 1.54) is 11.1 Å². The minimum atomic E-state index is -1.33. The summed E-state index contributed by atoms with van der Waals surface area (Å²) in [5.74, 6) is 1.63. The van der Waals surface area contributed by atoms with Gasteiger partial charge in [0.25, 0.3) is 0 Å². The van der Waals surface area contributed by atoms with Crippen molar-refractivity contribution in [3.63, 3.8) is 0 Å².